The monoisotopic (exact) mass is 377 g/mol. The number of ether oxygens (including phenoxy) is 1. The predicted octanol–water partition coefficient (Wildman–Crippen LogP) is 2.23. The predicted molar refractivity (Wildman–Crippen MR) is 99.5 cm³/mol. The molecule has 25 heavy (non-hydrogen) atoms. The van der Waals surface area contributed by atoms with Crippen molar-refractivity contribution in [2.75, 3.05) is 7.11 Å². The maximum atomic E-state index is 12.0. The van der Waals surface area contributed by atoms with Crippen molar-refractivity contribution in [3.63, 3.8) is 0 Å². The van der Waals surface area contributed by atoms with E-state index in [1.165, 1.54) is 6.07 Å². The second-order valence-electron chi connectivity index (χ2n) is 4.99. The first kappa shape index (κ1) is 18.7. The second-order valence-corrected chi connectivity index (χ2v) is 5.84. The number of hydrazine groups is 1. The number of halogens is 1. The molecule has 2 amide bonds. The molecule has 0 radical (unpaired) electrons. The number of methoxy groups -OCH3 is 1. The molecule has 0 fully saturated rings. The van der Waals surface area contributed by atoms with Crippen LogP contribution in [0.2, 0.25) is 5.02 Å². The molecule has 3 N–H and O–H groups in total. The van der Waals surface area contributed by atoms with Gasteiger partial charge in [-0.1, -0.05) is 29.8 Å². The van der Waals surface area contributed by atoms with Crippen LogP contribution in [0.25, 0.3) is 0 Å². The van der Waals surface area contributed by atoms with Gasteiger partial charge in [0.25, 0.3) is 5.91 Å². The van der Waals surface area contributed by atoms with Crippen molar-refractivity contribution < 1.29 is 14.3 Å². The lowest BCUT2D eigenvalue weighted by Gasteiger charge is -2.11. The Bertz CT molecular complexity index is 781. The molecule has 2 rings (SSSR count). The van der Waals surface area contributed by atoms with E-state index in [1.807, 2.05) is 0 Å². The van der Waals surface area contributed by atoms with Crippen molar-refractivity contribution in [3.8, 4) is 5.75 Å². The fraction of sp³-hybridized carbons (Fsp3) is 0.118. The highest BCUT2D eigenvalue weighted by atomic mass is 35.5. The van der Waals surface area contributed by atoms with Gasteiger partial charge < -0.3 is 4.74 Å². The summed E-state index contributed by atoms with van der Waals surface area (Å²) in [5.41, 5.74) is 6.08. The van der Waals surface area contributed by atoms with Gasteiger partial charge in [0.1, 0.15) is 5.75 Å². The van der Waals surface area contributed by atoms with Gasteiger partial charge >= 0.3 is 0 Å². The Morgan fingerprint density at radius 1 is 1.12 bits per heavy atom. The molecule has 0 heterocycles. The number of hydrogen-bond donors (Lipinski definition) is 3. The summed E-state index contributed by atoms with van der Waals surface area (Å²) < 4.78 is 5.06. The van der Waals surface area contributed by atoms with Gasteiger partial charge in [-0.15, -0.1) is 0 Å². The van der Waals surface area contributed by atoms with Gasteiger partial charge in [0.05, 0.1) is 13.5 Å². The number of nitrogens with one attached hydrogen (secondary N) is 3. The van der Waals surface area contributed by atoms with E-state index in [0.29, 0.717) is 16.3 Å². The van der Waals surface area contributed by atoms with Gasteiger partial charge in [-0.3, -0.25) is 25.8 Å². The van der Waals surface area contributed by atoms with E-state index in [9.17, 15) is 9.59 Å². The molecule has 0 aliphatic carbocycles. The highest BCUT2D eigenvalue weighted by Gasteiger charge is 2.09. The molecular weight excluding hydrogens is 362 g/mol. The summed E-state index contributed by atoms with van der Waals surface area (Å²) in [5.74, 6) is -0.0129. The fourth-order valence-electron chi connectivity index (χ4n) is 1.94. The summed E-state index contributed by atoms with van der Waals surface area (Å²) in [6.07, 6.45) is 0.155. The molecule has 0 aromatic heterocycles. The van der Waals surface area contributed by atoms with Crippen LogP contribution in [0, 0.1) is 0 Å². The van der Waals surface area contributed by atoms with Crippen molar-refractivity contribution in [2.24, 2.45) is 0 Å². The minimum absolute atomic E-state index is 0.0203. The SMILES string of the molecule is COc1ccc(CC(=O)NNC(=S)NC(=O)c2cccc(Cl)c2)cc1. The van der Waals surface area contributed by atoms with Crippen molar-refractivity contribution in [1.82, 2.24) is 16.2 Å². The summed E-state index contributed by atoms with van der Waals surface area (Å²) in [7, 11) is 1.57. The molecule has 0 aliphatic heterocycles. The lowest BCUT2D eigenvalue weighted by molar-refractivity contribution is -0.121. The maximum absolute atomic E-state index is 12.0. The molecule has 8 heteroatoms. The minimum atomic E-state index is -0.426. The fourth-order valence-corrected chi connectivity index (χ4v) is 2.27. The first-order chi connectivity index (χ1) is 12.0. The Hall–Kier alpha value is -2.64. The van der Waals surface area contributed by atoms with E-state index >= 15 is 0 Å². The zero-order chi connectivity index (χ0) is 18.2. The quantitative estimate of drug-likeness (QED) is 0.562. The van der Waals surface area contributed by atoms with Crippen LogP contribution in [0.1, 0.15) is 15.9 Å². The Kier molecular flexibility index (Phi) is 6.73. The van der Waals surface area contributed by atoms with Gasteiger partial charge in [-0.25, -0.2) is 0 Å². The maximum Gasteiger partial charge on any atom is 0.257 e. The third kappa shape index (κ3) is 6.06. The molecule has 0 spiro atoms. The average molecular weight is 378 g/mol. The number of thiocarbonyl (C=S) groups is 1. The standard InChI is InChI=1S/C17H16ClN3O3S/c1-24-14-7-5-11(6-8-14)9-15(22)20-21-17(25)19-16(23)12-3-2-4-13(18)10-12/h2-8,10H,9H2,1H3,(H,20,22)(H2,19,21,23,25). The molecule has 0 saturated heterocycles. The Morgan fingerprint density at radius 2 is 1.84 bits per heavy atom. The topological polar surface area (TPSA) is 79.5 Å². The highest BCUT2D eigenvalue weighted by Crippen LogP contribution is 2.11. The lowest BCUT2D eigenvalue weighted by Crippen LogP contribution is -2.48. The van der Waals surface area contributed by atoms with Gasteiger partial charge in [-0.05, 0) is 48.1 Å². The average Bonchev–Trinajstić information content (AvgIpc) is 2.60. The largest absolute Gasteiger partial charge is 0.497 e. The van der Waals surface area contributed by atoms with Gasteiger partial charge in [0.2, 0.25) is 5.91 Å². The highest BCUT2D eigenvalue weighted by molar-refractivity contribution is 7.80. The first-order valence-corrected chi connectivity index (χ1v) is 8.05. The van der Waals surface area contributed by atoms with Crippen LogP contribution in [-0.2, 0) is 11.2 Å². The molecule has 6 nitrogen and oxygen atoms in total. The van der Waals surface area contributed by atoms with Crippen molar-refractivity contribution in [1.29, 1.82) is 0 Å². The minimum Gasteiger partial charge on any atom is -0.497 e. The normalized spacial score (nSPS) is 9.84. The summed E-state index contributed by atoms with van der Waals surface area (Å²) in [4.78, 5) is 23.9. The van der Waals surface area contributed by atoms with E-state index in [4.69, 9.17) is 28.6 Å². The molecule has 0 bridgehead atoms. The van der Waals surface area contributed by atoms with E-state index in [1.54, 1.807) is 49.6 Å². The van der Waals surface area contributed by atoms with Crippen LogP contribution in [0.5, 0.6) is 5.75 Å². The molecule has 0 aliphatic rings. The number of benzene rings is 2. The summed E-state index contributed by atoms with van der Waals surface area (Å²) in [6, 6.07) is 13.6. The number of hydrogen-bond acceptors (Lipinski definition) is 4. The Balaban J connectivity index is 1.78. The smallest absolute Gasteiger partial charge is 0.257 e. The van der Waals surface area contributed by atoms with Gasteiger partial charge in [0, 0.05) is 10.6 Å². The number of carbonyl (C=O) groups is 2. The Morgan fingerprint density at radius 3 is 2.48 bits per heavy atom. The summed E-state index contributed by atoms with van der Waals surface area (Å²) >= 11 is 10.8. The molecule has 2 aromatic rings. The van der Waals surface area contributed by atoms with E-state index in [0.717, 1.165) is 5.56 Å². The van der Waals surface area contributed by atoms with Crippen LogP contribution in [0.3, 0.4) is 0 Å². The van der Waals surface area contributed by atoms with Crippen molar-refractivity contribution >= 4 is 40.7 Å². The van der Waals surface area contributed by atoms with Crippen LogP contribution < -0.4 is 20.9 Å². The molecule has 130 valence electrons. The zero-order valence-electron chi connectivity index (χ0n) is 13.3. The molecular formula is C17H16ClN3O3S. The van der Waals surface area contributed by atoms with Gasteiger partial charge in [0.15, 0.2) is 5.11 Å². The molecule has 0 atom stereocenters. The van der Waals surface area contributed by atoms with E-state index in [2.05, 4.69) is 16.2 Å². The molecule has 0 saturated carbocycles. The first-order valence-electron chi connectivity index (χ1n) is 7.26. The van der Waals surface area contributed by atoms with Crippen molar-refractivity contribution in [2.45, 2.75) is 6.42 Å². The third-order valence-electron chi connectivity index (χ3n) is 3.15. The van der Waals surface area contributed by atoms with Crippen LogP contribution in [0.4, 0.5) is 0 Å². The Labute approximate surface area is 155 Å². The second kappa shape index (κ2) is 9.00. The molecule has 0 unspecified atom stereocenters. The van der Waals surface area contributed by atoms with Gasteiger partial charge in [-0.2, -0.15) is 0 Å². The van der Waals surface area contributed by atoms with Crippen LogP contribution >= 0.6 is 23.8 Å². The van der Waals surface area contributed by atoms with Crippen LogP contribution in [0.15, 0.2) is 48.5 Å². The third-order valence-corrected chi connectivity index (χ3v) is 3.59. The van der Waals surface area contributed by atoms with E-state index in [-0.39, 0.29) is 17.4 Å². The number of rotatable bonds is 4. The van der Waals surface area contributed by atoms with Crippen LogP contribution in [-0.4, -0.2) is 24.0 Å². The number of carbonyl (C=O) groups excluding carboxylic acids is 2. The molecule has 2 aromatic carbocycles. The lowest BCUT2D eigenvalue weighted by atomic mass is 10.1. The zero-order valence-corrected chi connectivity index (χ0v) is 14.9. The van der Waals surface area contributed by atoms with E-state index < -0.39 is 5.91 Å². The summed E-state index contributed by atoms with van der Waals surface area (Å²) in [5, 5.41) is 2.87. The van der Waals surface area contributed by atoms with Crippen molar-refractivity contribution in [3.05, 3.63) is 64.7 Å². The number of amides is 2. The summed E-state index contributed by atoms with van der Waals surface area (Å²) in [6.45, 7) is 0.